The van der Waals surface area contributed by atoms with Crippen molar-refractivity contribution in [2.75, 3.05) is 0 Å². The molecule has 1 rings (SSSR count). The first-order valence-corrected chi connectivity index (χ1v) is 40.8. The van der Waals surface area contributed by atoms with Gasteiger partial charge in [0.2, 0.25) is 0 Å². The summed E-state index contributed by atoms with van der Waals surface area (Å²) in [6, 6.07) is 0. The Balaban J connectivity index is 2.40. The SMILES string of the molecule is CC[CH2][Bi]1[S][Bi]([CH2]CC)[S][Bi]([CH2]CC)[S]1. The summed E-state index contributed by atoms with van der Waals surface area (Å²) in [5.74, 6) is 0. The summed E-state index contributed by atoms with van der Waals surface area (Å²) < 4.78 is 5.11. The molecule has 0 spiro atoms. The summed E-state index contributed by atoms with van der Waals surface area (Å²) in [6.45, 7) is 7.22. The van der Waals surface area contributed by atoms with E-state index in [1.807, 2.05) is 0 Å². The van der Waals surface area contributed by atoms with Crippen LogP contribution in [0.2, 0.25) is 12.4 Å². The monoisotopic (exact) mass is 852 g/mol. The van der Waals surface area contributed by atoms with Gasteiger partial charge in [-0.1, -0.05) is 0 Å². The summed E-state index contributed by atoms with van der Waals surface area (Å²) in [6.07, 6.45) is 4.49. The molecule has 1 aliphatic heterocycles. The van der Waals surface area contributed by atoms with Gasteiger partial charge < -0.3 is 0 Å². The molecule has 0 radical (unpaired) electrons. The first kappa shape index (κ1) is 16.8. The Labute approximate surface area is 122 Å². The van der Waals surface area contributed by atoms with Gasteiger partial charge in [0, 0.05) is 0 Å². The predicted octanol–water partition coefficient (Wildman–Crippen LogP) is 4.89. The Bertz CT molecular complexity index is 136. The minimum absolute atomic E-state index is 0.952. The third-order valence-electron chi connectivity index (χ3n) is 1.76. The van der Waals surface area contributed by atoms with Crippen LogP contribution in [0.5, 0.6) is 0 Å². The molecule has 1 heterocycles. The molecule has 0 unspecified atom stereocenters. The first-order valence-electron chi connectivity index (χ1n) is 5.67. The van der Waals surface area contributed by atoms with Crippen LogP contribution in [0.15, 0.2) is 0 Å². The summed E-state index contributed by atoms with van der Waals surface area (Å²) in [4.78, 5) is 0. The fourth-order valence-electron chi connectivity index (χ4n) is 1.14. The molecule has 15 heavy (non-hydrogen) atoms. The van der Waals surface area contributed by atoms with Crippen molar-refractivity contribution >= 4 is 72.3 Å². The molecule has 6 heteroatoms. The molecule has 0 aromatic rings. The van der Waals surface area contributed by atoms with Crippen molar-refractivity contribution < 1.29 is 0 Å². The standard InChI is InChI=1S/3C3H7.3Bi.3S/c3*1-3-2;;;;;;/h3*1,3H2,2H3;;;;;;. The maximum absolute atomic E-state index is 2.69. The maximum atomic E-state index is 2.69. The molecule has 0 bridgehead atoms. The fourth-order valence-corrected chi connectivity index (χ4v) is 554. The number of rotatable bonds is 6. The zero-order chi connectivity index (χ0) is 11.1. The second-order valence-electron chi connectivity index (χ2n) is 3.41. The quantitative estimate of drug-likeness (QED) is 0.350. The molecule has 0 nitrogen and oxygen atoms in total. The van der Waals surface area contributed by atoms with Gasteiger partial charge in [0.25, 0.3) is 0 Å². The molecule has 0 saturated carbocycles. The van der Waals surface area contributed by atoms with Crippen LogP contribution in [0, 0.1) is 0 Å². The van der Waals surface area contributed by atoms with Crippen molar-refractivity contribution in [3.8, 4) is 0 Å². The number of hydrogen-bond acceptors (Lipinski definition) is 3. The zero-order valence-electron chi connectivity index (χ0n) is 9.81. The molecule has 0 aliphatic carbocycles. The average molecular weight is 852 g/mol. The van der Waals surface area contributed by atoms with E-state index in [2.05, 4.69) is 36.6 Å². The Hall–Kier alpha value is 3.70. The average Bonchev–Trinajstić information content (AvgIpc) is 2.19. The molecule has 1 aliphatic rings. The Morgan fingerprint density at radius 3 is 1.07 bits per heavy atom. The molecular weight excluding hydrogens is 831 g/mol. The van der Waals surface area contributed by atoms with Gasteiger partial charge in [-0.05, 0) is 0 Å². The fraction of sp³-hybridized carbons (Fsp3) is 1.00. The van der Waals surface area contributed by atoms with Crippen LogP contribution < -0.4 is 0 Å². The predicted molar refractivity (Wildman–Crippen MR) is 85.3 cm³/mol. The second-order valence-corrected chi connectivity index (χ2v) is 102. The van der Waals surface area contributed by atoms with Crippen molar-refractivity contribution in [3.63, 3.8) is 0 Å². The summed E-state index contributed by atoms with van der Waals surface area (Å²) in [5, 5.41) is 8.08. The summed E-state index contributed by atoms with van der Waals surface area (Å²) in [7, 11) is 0. The van der Waals surface area contributed by atoms with Crippen molar-refractivity contribution in [2.24, 2.45) is 0 Å². The van der Waals surface area contributed by atoms with E-state index in [1.54, 1.807) is 12.4 Å². The van der Waals surface area contributed by atoms with Gasteiger partial charge in [-0.2, -0.15) is 0 Å². The molecule has 1 saturated heterocycles. The molecule has 0 amide bonds. The van der Waals surface area contributed by atoms with Gasteiger partial charge in [-0.3, -0.25) is 0 Å². The van der Waals surface area contributed by atoms with Crippen molar-refractivity contribution in [1.29, 1.82) is 0 Å². The van der Waals surface area contributed by atoms with E-state index in [0.29, 0.717) is 0 Å². The molecule has 0 atom stereocenters. The van der Waals surface area contributed by atoms with Crippen molar-refractivity contribution in [1.82, 2.24) is 0 Å². The first-order chi connectivity index (χ1) is 7.30. The molecular formula is C9H21Bi3S3. The van der Waals surface area contributed by atoms with Gasteiger partial charge >= 0.3 is 125 Å². The molecule has 90 valence electrons. The van der Waals surface area contributed by atoms with E-state index in [-0.39, 0.29) is 0 Å². The van der Waals surface area contributed by atoms with Gasteiger partial charge in [-0.25, -0.2) is 0 Å². The van der Waals surface area contributed by atoms with Crippen molar-refractivity contribution in [3.05, 3.63) is 0 Å². The van der Waals surface area contributed by atoms with Gasteiger partial charge in [-0.15, -0.1) is 0 Å². The van der Waals surface area contributed by atoms with E-state index < -0.39 is 56.5 Å². The zero-order valence-corrected chi connectivity index (χ0v) is 22.7. The van der Waals surface area contributed by atoms with Crippen LogP contribution in [0.25, 0.3) is 0 Å². The topological polar surface area (TPSA) is 0 Å². The van der Waals surface area contributed by atoms with Gasteiger partial charge in [0.15, 0.2) is 0 Å². The Morgan fingerprint density at radius 1 is 0.600 bits per heavy atom. The summed E-state index contributed by atoms with van der Waals surface area (Å²) >= 11 is -2.85. The number of hydrogen-bond donors (Lipinski definition) is 0. The van der Waals surface area contributed by atoms with E-state index >= 15 is 0 Å². The van der Waals surface area contributed by atoms with E-state index in [9.17, 15) is 0 Å². The van der Waals surface area contributed by atoms with Crippen LogP contribution in [0.4, 0.5) is 0 Å². The molecule has 0 aromatic carbocycles. The Morgan fingerprint density at radius 2 is 0.867 bits per heavy atom. The van der Waals surface area contributed by atoms with Gasteiger partial charge in [0.1, 0.15) is 0 Å². The Kier molecular flexibility index (Phi) is 11.7. The third kappa shape index (κ3) is 7.15. The summed E-state index contributed by atoms with van der Waals surface area (Å²) in [5.41, 5.74) is 0. The molecule has 0 N–H and O–H groups in total. The van der Waals surface area contributed by atoms with Crippen LogP contribution in [-0.2, 0) is 0 Å². The third-order valence-corrected chi connectivity index (χ3v) is 239. The van der Waals surface area contributed by atoms with E-state index in [1.165, 1.54) is 19.3 Å². The van der Waals surface area contributed by atoms with E-state index in [0.717, 1.165) is 0 Å². The van der Waals surface area contributed by atoms with Crippen LogP contribution in [0.1, 0.15) is 40.0 Å². The van der Waals surface area contributed by atoms with Crippen LogP contribution in [-0.4, -0.2) is 56.5 Å². The minimum atomic E-state index is -0.952. The molecule has 0 aromatic heterocycles. The van der Waals surface area contributed by atoms with Crippen LogP contribution >= 0.6 is 15.8 Å². The normalized spacial score (nSPS) is 21.0. The second kappa shape index (κ2) is 10.5. The van der Waals surface area contributed by atoms with Crippen LogP contribution in [0.3, 0.4) is 0 Å². The molecule has 1 fully saturated rings. The van der Waals surface area contributed by atoms with Gasteiger partial charge in [0.05, 0.1) is 0 Å². The van der Waals surface area contributed by atoms with E-state index in [4.69, 9.17) is 0 Å². The van der Waals surface area contributed by atoms with Crippen molar-refractivity contribution in [2.45, 2.75) is 52.4 Å².